The quantitative estimate of drug-likeness (QED) is 0.608. The van der Waals surface area contributed by atoms with E-state index in [2.05, 4.69) is 18.8 Å². The first-order valence-corrected chi connectivity index (χ1v) is 10.5. The number of ether oxygens (including phenoxy) is 1. The van der Waals surface area contributed by atoms with Crippen molar-refractivity contribution in [2.45, 2.75) is 52.1 Å². The molecule has 2 heterocycles. The number of likely N-dealkylation sites (tertiary alicyclic amines) is 1. The van der Waals surface area contributed by atoms with Gasteiger partial charge in [-0.05, 0) is 70.4 Å². The van der Waals surface area contributed by atoms with Crippen molar-refractivity contribution in [3.8, 4) is 5.69 Å². The minimum Gasteiger partial charge on any atom is -0.452 e. The maximum Gasteiger partial charge on any atom is 0.338 e. The third-order valence-corrected chi connectivity index (χ3v) is 5.88. The van der Waals surface area contributed by atoms with E-state index in [1.807, 2.05) is 52.8 Å². The fourth-order valence-corrected chi connectivity index (χ4v) is 4.43. The fraction of sp³-hybridized carbons (Fsp3) is 0.375. The van der Waals surface area contributed by atoms with Crippen LogP contribution in [0.2, 0.25) is 0 Å². The molecule has 2 aromatic carbocycles. The van der Waals surface area contributed by atoms with Crippen LogP contribution in [0.4, 0.5) is 0 Å². The van der Waals surface area contributed by atoms with E-state index in [-0.39, 0.29) is 24.6 Å². The Labute approximate surface area is 176 Å². The molecule has 0 unspecified atom stereocenters. The normalized spacial score (nSPS) is 19.1. The summed E-state index contributed by atoms with van der Waals surface area (Å²) in [6.07, 6.45) is 3.11. The molecule has 1 aromatic heterocycles. The molecular formula is C24H27N3O3. The van der Waals surface area contributed by atoms with Gasteiger partial charge in [0.25, 0.3) is 5.91 Å². The van der Waals surface area contributed by atoms with Crippen molar-refractivity contribution < 1.29 is 14.3 Å². The monoisotopic (exact) mass is 405 g/mol. The average Bonchev–Trinajstić information content (AvgIpc) is 3.07. The number of fused-ring (bicyclic) bond motifs is 1. The van der Waals surface area contributed by atoms with Gasteiger partial charge in [0.15, 0.2) is 6.61 Å². The van der Waals surface area contributed by atoms with Crippen molar-refractivity contribution in [3.05, 3.63) is 59.9 Å². The topological polar surface area (TPSA) is 64.4 Å². The average molecular weight is 405 g/mol. The number of esters is 1. The number of nitrogens with zero attached hydrogens (tertiary/aromatic N) is 3. The third-order valence-electron chi connectivity index (χ3n) is 5.88. The molecule has 1 saturated heterocycles. The van der Waals surface area contributed by atoms with Gasteiger partial charge in [-0.1, -0.05) is 18.2 Å². The number of para-hydroxylation sites is 1. The van der Waals surface area contributed by atoms with Gasteiger partial charge in [-0.15, -0.1) is 0 Å². The highest BCUT2D eigenvalue weighted by atomic mass is 16.5. The minimum absolute atomic E-state index is 0.131. The number of imidazole rings is 1. The molecule has 0 bridgehead atoms. The van der Waals surface area contributed by atoms with Crippen LogP contribution in [0.1, 0.15) is 49.3 Å². The van der Waals surface area contributed by atoms with Crippen LogP contribution in [-0.2, 0) is 9.53 Å². The lowest BCUT2D eigenvalue weighted by Crippen LogP contribution is -2.49. The van der Waals surface area contributed by atoms with Gasteiger partial charge in [-0.25, -0.2) is 9.78 Å². The molecule has 1 fully saturated rings. The molecule has 0 spiro atoms. The predicted molar refractivity (Wildman–Crippen MR) is 116 cm³/mol. The van der Waals surface area contributed by atoms with Crippen molar-refractivity contribution in [2.75, 3.05) is 6.61 Å². The van der Waals surface area contributed by atoms with E-state index >= 15 is 0 Å². The molecular weight excluding hydrogens is 378 g/mol. The second-order valence-corrected chi connectivity index (χ2v) is 8.04. The smallest absolute Gasteiger partial charge is 0.338 e. The van der Waals surface area contributed by atoms with Gasteiger partial charge < -0.3 is 9.64 Å². The number of carbonyl (C=O) groups is 2. The molecule has 0 radical (unpaired) electrons. The van der Waals surface area contributed by atoms with Crippen molar-refractivity contribution in [2.24, 2.45) is 0 Å². The van der Waals surface area contributed by atoms with Crippen LogP contribution in [0.3, 0.4) is 0 Å². The zero-order valence-electron chi connectivity index (χ0n) is 17.7. The van der Waals surface area contributed by atoms with Crippen LogP contribution in [0.15, 0.2) is 48.5 Å². The van der Waals surface area contributed by atoms with Crippen molar-refractivity contribution >= 4 is 22.9 Å². The van der Waals surface area contributed by atoms with Gasteiger partial charge in [0.1, 0.15) is 5.82 Å². The number of hydrogen-bond acceptors (Lipinski definition) is 4. The Morgan fingerprint density at radius 3 is 2.47 bits per heavy atom. The first-order valence-electron chi connectivity index (χ1n) is 10.5. The zero-order valence-corrected chi connectivity index (χ0v) is 17.7. The van der Waals surface area contributed by atoms with E-state index in [1.54, 1.807) is 12.1 Å². The molecule has 156 valence electrons. The van der Waals surface area contributed by atoms with E-state index < -0.39 is 5.97 Å². The summed E-state index contributed by atoms with van der Waals surface area (Å²) in [7, 11) is 0. The van der Waals surface area contributed by atoms with E-state index in [4.69, 9.17) is 4.74 Å². The second-order valence-electron chi connectivity index (χ2n) is 8.04. The van der Waals surface area contributed by atoms with E-state index in [0.717, 1.165) is 41.8 Å². The Morgan fingerprint density at radius 1 is 1.07 bits per heavy atom. The van der Waals surface area contributed by atoms with Crippen molar-refractivity contribution in [1.29, 1.82) is 0 Å². The Kier molecular flexibility index (Phi) is 5.57. The summed E-state index contributed by atoms with van der Waals surface area (Å²) in [6, 6.07) is 15.6. The number of amides is 1. The van der Waals surface area contributed by atoms with Gasteiger partial charge in [-0.3, -0.25) is 9.36 Å². The highest BCUT2D eigenvalue weighted by molar-refractivity contribution is 5.95. The lowest BCUT2D eigenvalue weighted by Gasteiger charge is -2.38. The number of aryl methyl sites for hydroxylation is 1. The van der Waals surface area contributed by atoms with Crippen LogP contribution in [0.25, 0.3) is 16.7 Å². The zero-order chi connectivity index (χ0) is 21.3. The summed E-state index contributed by atoms with van der Waals surface area (Å²) in [5, 5.41) is 0. The van der Waals surface area contributed by atoms with Crippen LogP contribution in [0.5, 0.6) is 0 Å². The number of carbonyl (C=O) groups excluding carboxylic acids is 2. The molecule has 6 heteroatoms. The maximum absolute atomic E-state index is 12.6. The molecule has 6 nitrogen and oxygen atoms in total. The third kappa shape index (κ3) is 3.82. The summed E-state index contributed by atoms with van der Waals surface area (Å²) in [5.74, 6) is 0.202. The standard InChI is InChI=1S/C24H27N3O3/c1-16-8-7-9-17(2)26(16)23(28)15-30-24(29)19-12-13-22-21(14-19)25-18(3)27(22)20-10-5-4-6-11-20/h4-6,10-14,16-17H,7-9,15H2,1-3H3/t16-,17-/m0/s1. The number of benzene rings is 2. The SMILES string of the molecule is Cc1nc2cc(C(=O)OCC(=O)N3[C@@H](C)CCC[C@@H]3C)ccc2n1-c1ccccc1. The molecule has 0 N–H and O–H groups in total. The molecule has 1 aliphatic heterocycles. The van der Waals surface area contributed by atoms with Crippen LogP contribution in [0, 0.1) is 6.92 Å². The summed E-state index contributed by atoms with van der Waals surface area (Å²) < 4.78 is 7.39. The molecule has 1 amide bonds. The van der Waals surface area contributed by atoms with Gasteiger partial charge in [0.05, 0.1) is 16.6 Å². The minimum atomic E-state index is -0.505. The number of rotatable bonds is 4. The summed E-state index contributed by atoms with van der Waals surface area (Å²) in [6.45, 7) is 5.80. The Hall–Kier alpha value is -3.15. The largest absolute Gasteiger partial charge is 0.452 e. The van der Waals surface area contributed by atoms with E-state index in [9.17, 15) is 9.59 Å². The summed E-state index contributed by atoms with van der Waals surface area (Å²) >= 11 is 0. The number of aromatic nitrogens is 2. The second kappa shape index (κ2) is 8.30. The fourth-order valence-electron chi connectivity index (χ4n) is 4.43. The first kappa shape index (κ1) is 20.1. The lowest BCUT2D eigenvalue weighted by atomic mass is 9.97. The van der Waals surface area contributed by atoms with Gasteiger partial charge in [0, 0.05) is 17.8 Å². The van der Waals surface area contributed by atoms with Crippen LogP contribution in [-0.4, -0.2) is 45.0 Å². The number of piperidine rings is 1. The van der Waals surface area contributed by atoms with E-state index in [1.165, 1.54) is 0 Å². The Bertz CT molecular complexity index is 1060. The molecule has 0 saturated carbocycles. The summed E-state index contributed by atoms with van der Waals surface area (Å²) in [4.78, 5) is 31.6. The predicted octanol–water partition coefficient (Wildman–Crippen LogP) is 4.28. The number of hydrogen-bond donors (Lipinski definition) is 0. The highest BCUT2D eigenvalue weighted by Gasteiger charge is 2.29. The van der Waals surface area contributed by atoms with Crippen LogP contribution >= 0.6 is 0 Å². The highest BCUT2D eigenvalue weighted by Crippen LogP contribution is 2.24. The van der Waals surface area contributed by atoms with Crippen LogP contribution < -0.4 is 0 Å². The molecule has 3 aromatic rings. The maximum atomic E-state index is 12.6. The van der Waals surface area contributed by atoms with Gasteiger partial charge in [0.2, 0.25) is 0 Å². The van der Waals surface area contributed by atoms with E-state index in [0.29, 0.717) is 5.56 Å². The lowest BCUT2D eigenvalue weighted by molar-refractivity contribution is -0.140. The Morgan fingerprint density at radius 2 is 1.77 bits per heavy atom. The van der Waals surface area contributed by atoms with Gasteiger partial charge >= 0.3 is 5.97 Å². The van der Waals surface area contributed by atoms with Crippen molar-refractivity contribution in [3.63, 3.8) is 0 Å². The molecule has 1 aliphatic rings. The molecule has 0 aliphatic carbocycles. The summed E-state index contributed by atoms with van der Waals surface area (Å²) in [5.41, 5.74) is 3.05. The van der Waals surface area contributed by atoms with Gasteiger partial charge in [-0.2, -0.15) is 0 Å². The Balaban J connectivity index is 1.50. The van der Waals surface area contributed by atoms with Crippen molar-refractivity contribution in [1.82, 2.24) is 14.5 Å². The first-order chi connectivity index (χ1) is 14.5. The molecule has 30 heavy (non-hydrogen) atoms. The molecule has 2 atom stereocenters. The molecule has 4 rings (SSSR count).